The molecule has 0 aliphatic carbocycles. The molecule has 0 unspecified atom stereocenters. The topological polar surface area (TPSA) is 213 Å². The SMILES string of the molecule is [C-]#[O+].[C-]#[O+].[C-]#[O+].[C-]#[O+].[C-]#[O+].[C-]#[O+].[C-]#[O+].[C-]#[O+].[C-]#[O+].[C-]#[O+].[H+].[H+].[Ru+].[Ru].[Ru].[Ru].[Se-2].[Se-2].c1ccc(P(=[N+]=P(c2ccccc2)(c2ccccc2)c2ccccc2)(c2ccccc2)c2ccccc2)cc1. The molecule has 0 N–H and O–H groups in total. The Kier molecular flexibility index (Phi) is 88.7. The van der Waals surface area contributed by atoms with Crippen molar-refractivity contribution in [2.24, 2.45) is 0 Å². The second-order valence-corrected chi connectivity index (χ2v) is 15.7. The van der Waals surface area contributed by atoms with Crippen LogP contribution in [0.2, 0.25) is 0 Å². The van der Waals surface area contributed by atoms with Gasteiger partial charge in [-0.15, -0.1) is 4.17 Å². The Bertz CT molecular complexity index is 1880. The Morgan fingerprint density at radius 2 is 0.338 bits per heavy atom. The fraction of sp³-hybridized carbons (Fsp3) is 0. The molecule has 0 aromatic heterocycles. The van der Waals surface area contributed by atoms with Gasteiger partial charge in [0.15, 0.2) is 0 Å². The van der Waals surface area contributed by atoms with E-state index in [2.05, 4.69) is 248 Å². The Labute approximate surface area is 455 Å². The van der Waals surface area contributed by atoms with Crippen molar-refractivity contribution in [1.29, 1.82) is 0 Å². The van der Waals surface area contributed by atoms with Gasteiger partial charge in [-0.1, -0.05) is 109 Å². The Balaban J connectivity index is -0.0000000847. The van der Waals surface area contributed by atoms with Gasteiger partial charge in [0.1, 0.15) is 0 Å². The fourth-order valence-electron chi connectivity index (χ4n) is 5.27. The fourth-order valence-corrected chi connectivity index (χ4v) is 14.8. The number of hydrogen-bond acceptors (Lipinski definition) is 0. The van der Waals surface area contributed by atoms with Crippen molar-refractivity contribution in [2.45, 2.75) is 0 Å². The summed E-state index contributed by atoms with van der Waals surface area (Å²) in [6.07, 6.45) is 0. The normalized spacial score (nSPS) is 7.20. The van der Waals surface area contributed by atoms with Gasteiger partial charge in [0.2, 0.25) is 0 Å². The van der Waals surface area contributed by atoms with Gasteiger partial charge in [-0.05, 0) is 72.8 Å². The molecule has 0 saturated carbocycles. The zero-order valence-electron chi connectivity index (χ0n) is 35.0. The van der Waals surface area contributed by atoms with Gasteiger partial charge in [0.25, 0.3) is 0 Å². The van der Waals surface area contributed by atoms with Crippen molar-refractivity contribution in [3.8, 4) is 0 Å². The van der Waals surface area contributed by atoms with Crippen molar-refractivity contribution in [3.05, 3.63) is 248 Å². The number of rotatable bonds is 6. The molecular weight excluding hydrogens is 1350 g/mol. The minimum atomic E-state index is -2.50. The molecule has 6 aromatic rings. The quantitative estimate of drug-likeness (QED) is 0.0666. The average Bonchev–Trinajstić information content (AvgIpc) is 3.40. The molecule has 0 spiro atoms. The van der Waals surface area contributed by atoms with Crippen LogP contribution in [0, 0.1) is 66.5 Å². The van der Waals surface area contributed by atoms with E-state index in [1.54, 1.807) is 0 Å². The molecule has 0 fully saturated rings. The molecule has 0 atom stereocenters. The van der Waals surface area contributed by atoms with E-state index in [-0.39, 0.29) is 115 Å². The first-order chi connectivity index (χ1) is 29.3. The van der Waals surface area contributed by atoms with E-state index in [0.717, 1.165) is 0 Å². The third kappa shape index (κ3) is 27.9. The van der Waals surface area contributed by atoms with Crippen LogP contribution in [0.5, 0.6) is 0 Å². The number of nitrogens with zero attached hydrogens (tertiary/aromatic N) is 1. The maximum Gasteiger partial charge on any atom is 1.00 e. The standard InChI is InChI=1S/C36H30NP2.10CO.4Ru.2Se/c1-7-19-31(20-8-1)38(32-21-9-2-10-22-32,33-23-11-3-12-24-33)37-39(34-25-13-4-14-26-34,35-27-15-5-16-28-35)36-29-17-6-18-30-36;10*1-2;;;;;;/h1-30H;;;;;;;;;;;;;;;;/q+1;;;;;;;;;;;;;;+1;2*-2/p+2. The molecular formula is C46H32NO10P2Ru4Se2. The van der Waals surface area contributed by atoms with Crippen LogP contribution in [0.25, 0.3) is 0 Å². The molecule has 6 aromatic carbocycles. The van der Waals surface area contributed by atoms with Gasteiger partial charge < -0.3 is 34.1 Å². The zero-order chi connectivity index (χ0) is 46.4. The van der Waals surface area contributed by atoms with Crippen molar-refractivity contribution in [2.75, 3.05) is 0 Å². The predicted octanol–water partition coefficient (Wildman–Crippen LogP) is 5.49. The van der Waals surface area contributed by atoms with Gasteiger partial charge in [-0.25, -0.2) is 0 Å². The van der Waals surface area contributed by atoms with Gasteiger partial charge in [0.05, 0.1) is 31.8 Å². The molecule has 0 aliphatic rings. The summed E-state index contributed by atoms with van der Waals surface area (Å²) in [6, 6.07) is 65.7. The number of hydrogen-bond donors (Lipinski definition) is 0. The summed E-state index contributed by atoms with van der Waals surface area (Å²) in [5.41, 5.74) is 0. The molecule has 0 bridgehead atoms. The van der Waals surface area contributed by atoms with Gasteiger partial charge >= 0.3 is 149 Å². The van der Waals surface area contributed by atoms with Gasteiger partial charge in [0, 0.05) is 58.4 Å². The zero-order valence-corrected chi connectivity index (χ0v) is 45.1. The first-order valence-corrected chi connectivity index (χ1v) is 18.7. The molecule has 335 valence electrons. The van der Waals surface area contributed by atoms with Gasteiger partial charge in [-0.3, -0.25) is 0 Å². The monoisotopic (exact) mass is 1390 g/mol. The first-order valence-electron chi connectivity index (χ1n) is 15.2. The largest absolute Gasteiger partial charge is 2.00 e. The third-order valence-corrected chi connectivity index (χ3v) is 15.5. The summed E-state index contributed by atoms with van der Waals surface area (Å²) in [4.78, 5) is 0. The minimum Gasteiger partial charge on any atom is -2.00 e. The van der Waals surface area contributed by atoms with E-state index in [4.69, 9.17) is 50.7 Å². The van der Waals surface area contributed by atoms with E-state index in [1.807, 2.05) is 0 Å². The molecule has 65 heavy (non-hydrogen) atoms. The number of benzene rings is 6. The minimum absolute atomic E-state index is 0. The Morgan fingerprint density at radius 3 is 0.431 bits per heavy atom. The van der Waals surface area contributed by atoms with E-state index in [0.29, 0.717) is 0 Å². The van der Waals surface area contributed by atoms with Crippen LogP contribution >= 0.6 is 14.1 Å². The van der Waals surface area contributed by atoms with Crippen LogP contribution in [0.15, 0.2) is 182 Å². The Morgan fingerprint density at radius 1 is 0.246 bits per heavy atom. The maximum absolute atomic E-state index is 7.50. The second-order valence-electron chi connectivity index (χ2n) is 9.37. The summed E-state index contributed by atoms with van der Waals surface area (Å²) in [5, 5.41) is 7.55. The second kappa shape index (κ2) is 65.1. The summed E-state index contributed by atoms with van der Waals surface area (Å²) in [5.74, 6) is 0. The molecule has 0 aliphatic heterocycles. The van der Waals surface area contributed by atoms with Crippen LogP contribution in [0.1, 0.15) is 2.85 Å². The van der Waals surface area contributed by atoms with Crippen LogP contribution in [-0.2, 0) is 124 Å². The molecule has 1 radical (unpaired) electrons. The average molecular weight is 1380 g/mol. The molecule has 6 rings (SSSR count). The smallest absolute Gasteiger partial charge is 1.00 e. The molecule has 0 saturated heterocycles. The van der Waals surface area contributed by atoms with Crippen LogP contribution in [-0.4, -0.2) is 34.1 Å². The van der Waals surface area contributed by atoms with Crippen molar-refractivity contribution < 1.29 is 127 Å². The summed E-state index contributed by atoms with van der Waals surface area (Å²) >= 11 is 0. The molecule has 19 heteroatoms. The summed E-state index contributed by atoms with van der Waals surface area (Å²) in [6.45, 7) is 45.0. The predicted molar refractivity (Wildman–Crippen MR) is 225 cm³/mol. The van der Waals surface area contributed by atoms with Crippen LogP contribution in [0.4, 0.5) is 0 Å². The van der Waals surface area contributed by atoms with E-state index in [9.17, 15) is 0 Å². The van der Waals surface area contributed by atoms with Crippen LogP contribution < -0.4 is 36.0 Å². The molecule has 0 amide bonds. The molecule has 0 heterocycles. The van der Waals surface area contributed by atoms with E-state index < -0.39 is 14.1 Å². The van der Waals surface area contributed by atoms with Gasteiger partial charge in [-0.2, -0.15) is 0 Å². The van der Waals surface area contributed by atoms with Crippen molar-refractivity contribution in [1.82, 2.24) is 4.17 Å². The van der Waals surface area contributed by atoms with E-state index >= 15 is 0 Å². The van der Waals surface area contributed by atoms with Crippen molar-refractivity contribution >= 4 is 80.1 Å². The maximum atomic E-state index is 7.50. The summed E-state index contributed by atoms with van der Waals surface area (Å²) in [7, 11) is -4.99. The Hall–Kier alpha value is -3.18. The molecule has 11 nitrogen and oxygen atoms in total. The first kappa shape index (κ1) is 88.5. The summed E-state index contributed by atoms with van der Waals surface area (Å²) < 4.78 is 81.4. The van der Waals surface area contributed by atoms with E-state index in [1.165, 1.54) is 31.8 Å². The van der Waals surface area contributed by atoms with Crippen LogP contribution in [0.3, 0.4) is 0 Å². The van der Waals surface area contributed by atoms with Crippen molar-refractivity contribution in [3.63, 3.8) is 0 Å². The third-order valence-electron chi connectivity index (χ3n) is 7.05.